The van der Waals surface area contributed by atoms with Crippen LogP contribution in [-0.4, -0.2) is 87.9 Å². The standard InChI is InChI=1S/C20H30N6O2/c1-14-12-18-21-15(2)17(16(3)26(18)22-14)6-7-19(27)24(5)13-20(28)25-10-8-23(4)9-11-25/h12H,6-11,13H2,1-5H3. The van der Waals surface area contributed by atoms with Crippen LogP contribution in [0.2, 0.25) is 0 Å². The number of rotatable bonds is 5. The third kappa shape index (κ3) is 4.32. The fourth-order valence-corrected chi connectivity index (χ4v) is 3.67. The second kappa shape index (κ2) is 8.26. The van der Waals surface area contributed by atoms with Gasteiger partial charge in [-0.2, -0.15) is 5.10 Å². The second-order valence-corrected chi connectivity index (χ2v) is 7.75. The van der Waals surface area contributed by atoms with Gasteiger partial charge in [0.05, 0.1) is 12.2 Å². The number of nitrogens with zero attached hydrogens (tertiary/aromatic N) is 6. The molecule has 0 bridgehead atoms. The van der Waals surface area contributed by atoms with Crippen LogP contribution in [0.15, 0.2) is 6.07 Å². The van der Waals surface area contributed by atoms with Gasteiger partial charge in [-0.1, -0.05) is 0 Å². The van der Waals surface area contributed by atoms with E-state index in [1.807, 2.05) is 36.3 Å². The highest BCUT2D eigenvalue weighted by Crippen LogP contribution is 2.17. The van der Waals surface area contributed by atoms with Gasteiger partial charge in [0.2, 0.25) is 11.8 Å². The molecule has 0 saturated carbocycles. The highest BCUT2D eigenvalue weighted by molar-refractivity contribution is 5.84. The van der Waals surface area contributed by atoms with Crippen LogP contribution < -0.4 is 0 Å². The quantitative estimate of drug-likeness (QED) is 0.761. The van der Waals surface area contributed by atoms with Gasteiger partial charge in [-0.3, -0.25) is 9.59 Å². The molecule has 8 nitrogen and oxygen atoms in total. The van der Waals surface area contributed by atoms with Gasteiger partial charge >= 0.3 is 0 Å². The summed E-state index contributed by atoms with van der Waals surface area (Å²) in [4.78, 5) is 35.2. The maximum absolute atomic E-state index is 12.6. The molecule has 0 spiro atoms. The zero-order valence-electron chi connectivity index (χ0n) is 17.5. The van der Waals surface area contributed by atoms with E-state index >= 15 is 0 Å². The van der Waals surface area contributed by atoms with E-state index in [-0.39, 0.29) is 18.4 Å². The van der Waals surface area contributed by atoms with Crippen LogP contribution in [0.4, 0.5) is 0 Å². The third-order valence-corrected chi connectivity index (χ3v) is 5.53. The SMILES string of the molecule is Cc1cc2nc(C)c(CCC(=O)N(C)CC(=O)N3CCN(C)CC3)c(C)n2n1. The summed E-state index contributed by atoms with van der Waals surface area (Å²) >= 11 is 0. The molecule has 0 atom stereocenters. The van der Waals surface area contributed by atoms with Gasteiger partial charge in [0.25, 0.3) is 0 Å². The van der Waals surface area contributed by atoms with E-state index in [0.717, 1.165) is 54.5 Å². The molecule has 28 heavy (non-hydrogen) atoms. The lowest BCUT2D eigenvalue weighted by Gasteiger charge is -2.33. The Morgan fingerprint density at radius 2 is 1.82 bits per heavy atom. The summed E-state index contributed by atoms with van der Waals surface area (Å²) in [5, 5.41) is 4.48. The minimum absolute atomic E-state index is 0.0198. The average Bonchev–Trinajstić information content (AvgIpc) is 3.02. The summed E-state index contributed by atoms with van der Waals surface area (Å²) in [7, 11) is 3.76. The molecule has 0 unspecified atom stereocenters. The van der Waals surface area contributed by atoms with Crippen LogP contribution in [-0.2, 0) is 16.0 Å². The van der Waals surface area contributed by atoms with Gasteiger partial charge in [-0.15, -0.1) is 0 Å². The monoisotopic (exact) mass is 386 g/mol. The number of likely N-dealkylation sites (N-methyl/N-ethyl adjacent to an activating group) is 2. The van der Waals surface area contributed by atoms with Crippen molar-refractivity contribution in [2.24, 2.45) is 0 Å². The number of aryl methyl sites for hydroxylation is 3. The highest BCUT2D eigenvalue weighted by atomic mass is 16.2. The van der Waals surface area contributed by atoms with Gasteiger partial charge in [-0.25, -0.2) is 9.50 Å². The zero-order valence-corrected chi connectivity index (χ0v) is 17.5. The fourth-order valence-electron chi connectivity index (χ4n) is 3.67. The minimum Gasteiger partial charge on any atom is -0.339 e. The highest BCUT2D eigenvalue weighted by Gasteiger charge is 2.22. The van der Waals surface area contributed by atoms with E-state index in [0.29, 0.717) is 12.8 Å². The number of hydrogen-bond acceptors (Lipinski definition) is 5. The topological polar surface area (TPSA) is 74.1 Å². The van der Waals surface area contributed by atoms with Crippen LogP contribution in [0.1, 0.15) is 29.1 Å². The van der Waals surface area contributed by atoms with Crippen LogP contribution in [0.25, 0.3) is 5.65 Å². The first kappa shape index (κ1) is 20.3. The Morgan fingerprint density at radius 3 is 2.50 bits per heavy atom. The van der Waals surface area contributed by atoms with Crippen molar-refractivity contribution in [2.45, 2.75) is 33.6 Å². The first-order valence-electron chi connectivity index (χ1n) is 9.79. The number of piperazine rings is 1. The Hall–Kier alpha value is -2.48. The van der Waals surface area contributed by atoms with Crippen molar-refractivity contribution in [1.82, 2.24) is 29.3 Å². The van der Waals surface area contributed by atoms with Crippen LogP contribution in [0, 0.1) is 20.8 Å². The van der Waals surface area contributed by atoms with Crippen LogP contribution in [0.5, 0.6) is 0 Å². The summed E-state index contributed by atoms with van der Waals surface area (Å²) in [5.41, 5.74) is 4.74. The van der Waals surface area contributed by atoms with Gasteiger partial charge in [0, 0.05) is 57.1 Å². The predicted octanol–water partition coefficient (Wildman–Crippen LogP) is 0.820. The molecule has 1 aliphatic rings. The van der Waals surface area contributed by atoms with E-state index in [9.17, 15) is 9.59 Å². The number of hydrogen-bond donors (Lipinski definition) is 0. The van der Waals surface area contributed by atoms with Crippen molar-refractivity contribution in [3.8, 4) is 0 Å². The molecular formula is C20H30N6O2. The van der Waals surface area contributed by atoms with Crippen molar-refractivity contribution in [1.29, 1.82) is 0 Å². The third-order valence-electron chi connectivity index (χ3n) is 5.53. The first-order chi connectivity index (χ1) is 13.3. The van der Waals surface area contributed by atoms with E-state index in [1.54, 1.807) is 7.05 Å². The van der Waals surface area contributed by atoms with Crippen molar-refractivity contribution >= 4 is 17.5 Å². The van der Waals surface area contributed by atoms with E-state index in [4.69, 9.17) is 0 Å². The van der Waals surface area contributed by atoms with Crippen molar-refractivity contribution in [2.75, 3.05) is 46.8 Å². The number of amides is 2. The molecule has 3 rings (SSSR count). The average molecular weight is 387 g/mol. The molecule has 2 aromatic heterocycles. The van der Waals surface area contributed by atoms with Crippen molar-refractivity contribution in [3.05, 3.63) is 28.7 Å². The lowest BCUT2D eigenvalue weighted by molar-refractivity contribution is -0.140. The van der Waals surface area contributed by atoms with E-state index in [1.165, 1.54) is 4.90 Å². The Bertz CT molecular complexity index is 882. The Morgan fingerprint density at radius 1 is 1.14 bits per heavy atom. The Kier molecular flexibility index (Phi) is 5.98. The zero-order chi connectivity index (χ0) is 20.4. The molecule has 8 heteroatoms. The smallest absolute Gasteiger partial charge is 0.242 e. The second-order valence-electron chi connectivity index (χ2n) is 7.75. The molecule has 1 fully saturated rings. The molecule has 152 valence electrons. The van der Waals surface area contributed by atoms with E-state index < -0.39 is 0 Å². The number of carbonyl (C=O) groups excluding carboxylic acids is 2. The summed E-state index contributed by atoms with van der Waals surface area (Å²) in [6, 6.07) is 1.95. The molecular weight excluding hydrogens is 356 g/mol. The predicted molar refractivity (Wildman–Crippen MR) is 107 cm³/mol. The molecule has 0 radical (unpaired) electrons. The number of carbonyl (C=O) groups is 2. The van der Waals surface area contributed by atoms with Gasteiger partial charge in [-0.05, 0) is 39.8 Å². The van der Waals surface area contributed by atoms with Crippen LogP contribution >= 0.6 is 0 Å². The number of aromatic nitrogens is 3. The van der Waals surface area contributed by atoms with E-state index in [2.05, 4.69) is 22.0 Å². The molecule has 3 heterocycles. The molecule has 0 N–H and O–H groups in total. The molecule has 0 aromatic carbocycles. The lowest BCUT2D eigenvalue weighted by atomic mass is 10.1. The maximum atomic E-state index is 12.6. The van der Waals surface area contributed by atoms with Crippen molar-refractivity contribution in [3.63, 3.8) is 0 Å². The Balaban J connectivity index is 1.59. The number of fused-ring (bicyclic) bond motifs is 1. The fraction of sp³-hybridized carbons (Fsp3) is 0.600. The van der Waals surface area contributed by atoms with Gasteiger partial charge < -0.3 is 14.7 Å². The normalized spacial score (nSPS) is 15.2. The molecule has 2 aromatic rings. The lowest BCUT2D eigenvalue weighted by Crippen LogP contribution is -2.50. The summed E-state index contributed by atoms with van der Waals surface area (Å²) < 4.78 is 1.84. The van der Waals surface area contributed by atoms with Crippen molar-refractivity contribution < 1.29 is 9.59 Å². The molecule has 1 aliphatic heterocycles. The minimum atomic E-state index is -0.0296. The summed E-state index contributed by atoms with van der Waals surface area (Å²) in [6.07, 6.45) is 0.938. The molecule has 0 aliphatic carbocycles. The molecule has 2 amide bonds. The van der Waals surface area contributed by atoms with Gasteiger partial charge in [0.15, 0.2) is 5.65 Å². The summed E-state index contributed by atoms with van der Waals surface area (Å²) in [5.74, 6) is -0.00978. The first-order valence-corrected chi connectivity index (χ1v) is 9.79. The van der Waals surface area contributed by atoms with Gasteiger partial charge in [0.1, 0.15) is 0 Å². The van der Waals surface area contributed by atoms with Crippen LogP contribution in [0.3, 0.4) is 0 Å². The maximum Gasteiger partial charge on any atom is 0.242 e. The summed E-state index contributed by atoms with van der Waals surface area (Å²) in [6.45, 7) is 9.27. The largest absolute Gasteiger partial charge is 0.339 e. The Labute approximate surface area is 166 Å². The molecule has 1 saturated heterocycles.